The van der Waals surface area contributed by atoms with Crippen LogP contribution in [0.25, 0.3) is 0 Å². The first-order valence-corrected chi connectivity index (χ1v) is 6.61. The van der Waals surface area contributed by atoms with Gasteiger partial charge in [0.25, 0.3) is 10.0 Å². The lowest BCUT2D eigenvalue weighted by Crippen LogP contribution is -2.18. The summed E-state index contributed by atoms with van der Waals surface area (Å²) in [5.74, 6) is 5.26. The van der Waals surface area contributed by atoms with Gasteiger partial charge in [-0.25, -0.2) is 19.2 Å². The van der Waals surface area contributed by atoms with Crippen molar-refractivity contribution in [1.29, 1.82) is 0 Å². The summed E-state index contributed by atoms with van der Waals surface area (Å²) < 4.78 is 29.8. The highest BCUT2D eigenvalue weighted by Gasteiger charge is 2.19. The highest BCUT2D eigenvalue weighted by Crippen LogP contribution is 2.21. The lowest BCUT2D eigenvalue weighted by atomic mass is 10.5. The smallest absolute Gasteiger partial charge is 0.266 e. The fourth-order valence-corrected chi connectivity index (χ4v) is 2.92. The summed E-state index contributed by atoms with van der Waals surface area (Å²) in [6, 6.07) is 2.89. The van der Waals surface area contributed by atoms with Crippen molar-refractivity contribution in [3.63, 3.8) is 0 Å². The molecular weight excluding hydrogens is 264 g/mol. The van der Waals surface area contributed by atoms with E-state index in [0.717, 1.165) is 11.5 Å². The van der Waals surface area contributed by atoms with Crippen molar-refractivity contribution >= 4 is 32.4 Å². The fourth-order valence-electron chi connectivity index (χ4n) is 1.12. The number of hydrazine groups is 1. The summed E-state index contributed by atoms with van der Waals surface area (Å²) in [7, 11) is -3.75. The van der Waals surface area contributed by atoms with E-state index >= 15 is 0 Å². The van der Waals surface area contributed by atoms with Crippen molar-refractivity contribution < 1.29 is 8.42 Å². The van der Waals surface area contributed by atoms with Crippen LogP contribution in [0.4, 0.5) is 10.8 Å². The Morgan fingerprint density at radius 3 is 2.88 bits per heavy atom. The van der Waals surface area contributed by atoms with Crippen LogP contribution in [0.2, 0.25) is 0 Å². The predicted octanol–water partition coefficient (Wildman–Crippen LogP) is 0.0195. The van der Waals surface area contributed by atoms with Crippen LogP contribution >= 0.6 is 11.5 Å². The second-order valence-electron chi connectivity index (χ2n) is 2.88. The molecule has 0 aliphatic heterocycles. The minimum absolute atomic E-state index is 0.0455. The Morgan fingerprint density at radius 2 is 2.24 bits per heavy atom. The number of rotatable bonds is 4. The molecule has 0 saturated carbocycles. The molecule has 0 aliphatic carbocycles. The highest BCUT2D eigenvalue weighted by molar-refractivity contribution is 7.93. The van der Waals surface area contributed by atoms with E-state index in [1.54, 1.807) is 0 Å². The first-order chi connectivity index (χ1) is 8.13. The van der Waals surface area contributed by atoms with Gasteiger partial charge < -0.3 is 5.43 Å². The van der Waals surface area contributed by atoms with Gasteiger partial charge in [0.2, 0.25) is 0 Å². The average molecular weight is 272 g/mol. The van der Waals surface area contributed by atoms with E-state index in [1.165, 1.54) is 24.5 Å². The summed E-state index contributed by atoms with van der Waals surface area (Å²) in [6.45, 7) is 0. The molecule has 0 radical (unpaired) electrons. The molecule has 10 heteroatoms. The van der Waals surface area contributed by atoms with Crippen molar-refractivity contribution in [2.24, 2.45) is 5.84 Å². The summed E-state index contributed by atoms with van der Waals surface area (Å²) in [6.07, 6.45) is 2.75. The van der Waals surface area contributed by atoms with E-state index in [2.05, 4.69) is 24.7 Å². The second-order valence-corrected chi connectivity index (χ2v) is 5.32. The molecule has 0 aliphatic rings. The number of anilines is 2. The Labute approximate surface area is 101 Å². The summed E-state index contributed by atoms with van der Waals surface area (Å²) in [4.78, 5) is 3.76. The second kappa shape index (κ2) is 4.61. The largest absolute Gasteiger partial charge is 0.307 e. The van der Waals surface area contributed by atoms with Gasteiger partial charge in [0.05, 0.1) is 6.20 Å². The predicted molar refractivity (Wildman–Crippen MR) is 62.8 cm³/mol. The maximum Gasteiger partial charge on any atom is 0.266 e. The lowest BCUT2D eigenvalue weighted by molar-refractivity contribution is 0.601. The quantitative estimate of drug-likeness (QED) is 0.529. The van der Waals surface area contributed by atoms with E-state index < -0.39 is 10.0 Å². The normalized spacial score (nSPS) is 11.1. The molecule has 17 heavy (non-hydrogen) atoms. The maximum atomic E-state index is 12.0. The molecule has 2 rings (SSSR count). The van der Waals surface area contributed by atoms with Crippen LogP contribution in [0.15, 0.2) is 29.4 Å². The third kappa shape index (κ3) is 2.49. The Balaban J connectivity index is 2.38. The first kappa shape index (κ1) is 11.7. The summed E-state index contributed by atoms with van der Waals surface area (Å²) in [5.41, 5.74) is 2.22. The Kier molecular flexibility index (Phi) is 3.17. The molecule has 90 valence electrons. The number of nitrogens with two attached hydrogens (primary N) is 1. The Bertz CT molecular complexity index is 597. The van der Waals surface area contributed by atoms with E-state index in [-0.39, 0.29) is 10.7 Å². The van der Waals surface area contributed by atoms with Crippen LogP contribution in [-0.2, 0) is 10.0 Å². The number of nitrogens with one attached hydrogen (secondary N) is 2. The number of aromatic nitrogens is 3. The van der Waals surface area contributed by atoms with Crippen LogP contribution in [0.1, 0.15) is 0 Å². The van der Waals surface area contributed by atoms with Crippen molar-refractivity contribution in [3.05, 3.63) is 24.5 Å². The number of nitrogen functional groups attached to an aromatic ring is 1. The van der Waals surface area contributed by atoms with Crippen LogP contribution in [0.3, 0.4) is 0 Å². The molecule has 0 unspecified atom stereocenters. The molecule has 0 aromatic carbocycles. The van der Waals surface area contributed by atoms with Gasteiger partial charge in [0.15, 0.2) is 5.82 Å². The zero-order chi connectivity index (χ0) is 12.3. The summed E-state index contributed by atoms with van der Waals surface area (Å²) >= 11 is 0.934. The molecule has 0 amide bonds. The molecule has 8 nitrogen and oxygen atoms in total. The number of hydrogen-bond acceptors (Lipinski definition) is 8. The topological polar surface area (TPSA) is 123 Å². The van der Waals surface area contributed by atoms with E-state index in [1.807, 2.05) is 0 Å². The van der Waals surface area contributed by atoms with Gasteiger partial charge in [-0.2, -0.15) is 0 Å². The van der Waals surface area contributed by atoms with Crippen LogP contribution < -0.4 is 16.0 Å². The van der Waals surface area contributed by atoms with Crippen molar-refractivity contribution in [1.82, 2.24) is 14.6 Å². The third-order valence-corrected chi connectivity index (χ3v) is 3.90. The minimum Gasteiger partial charge on any atom is -0.307 e. The Morgan fingerprint density at radius 1 is 1.41 bits per heavy atom. The standard InChI is InChI=1S/C7H8N6O2S2/c8-11-7-5(2-1-3-9-7)17(14,15)12-6-4-10-13-16-6/h1-4,12H,8H2,(H,9,11). The molecule has 2 aromatic rings. The highest BCUT2D eigenvalue weighted by atomic mass is 32.2. The zero-order valence-electron chi connectivity index (χ0n) is 8.36. The lowest BCUT2D eigenvalue weighted by Gasteiger charge is -2.08. The molecule has 2 heterocycles. The van der Waals surface area contributed by atoms with Gasteiger partial charge >= 0.3 is 0 Å². The monoisotopic (exact) mass is 272 g/mol. The first-order valence-electron chi connectivity index (χ1n) is 4.35. The molecule has 0 spiro atoms. The van der Waals surface area contributed by atoms with Gasteiger partial charge in [0.1, 0.15) is 9.90 Å². The molecular formula is C7H8N6O2S2. The van der Waals surface area contributed by atoms with Crippen LogP contribution in [0.5, 0.6) is 0 Å². The van der Waals surface area contributed by atoms with Gasteiger partial charge in [-0.15, -0.1) is 5.10 Å². The van der Waals surface area contributed by atoms with Crippen molar-refractivity contribution in [3.8, 4) is 0 Å². The SMILES string of the molecule is NNc1ncccc1S(=O)(=O)Nc1cnns1. The summed E-state index contributed by atoms with van der Waals surface area (Å²) in [5, 5.41) is 3.84. The maximum absolute atomic E-state index is 12.0. The van der Waals surface area contributed by atoms with Gasteiger partial charge in [-0.1, -0.05) is 4.49 Å². The molecule has 0 fully saturated rings. The molecule has 0 atom stereocenters. The van der Waals surface area contributed by atoms with E-state index in [0.29, 0.717) is 5.00 Å². The van der Waals surface area contributed by atoms with E-state index in [4.69, 9.17) is 5.84 Å². The molecule has 0 bridgehead atoms. The van der Waals surface area contributed by atoms with Gasteiger partial charge in [-0.3, -0.25) is 4.72 Å². The average Bonchev–Trinajstić information content (AvgIpc) is 2.81. The molecule has 2 aromatic heterocycles. The zero-order valence-corrected chi connectivity index (χ0v) is 9.99. The van der Waals surface area contributed by atoms with Gasteiger partial charge in [0, 0.05) is 17.7 Å². The van der Waals surface area contributed by atoms with Crippen molar-refractivity contribution in [2.75, 3.05) is 10.1 Å². The molecule has 0 saturated heterocycles. The van der Waals surface area contributed by atoms with E-state index in [9.17, 15) is 8.42 Å². The number of nitrogens with zero attached hydrogens (tertiary/aromatic N) is 3. The van der Waals surface area contributed by atoms with Crippen LogP contribution in [0, 0.1) is 0 Å². The van der Waals surface area contributed by atoms with Crippen molar-refractivity contribution in [2.45, 2.75) is 4.90 Å². The third-order valence-electron chi connectivity index (χ3n) is 1.79. The number of pyridine rings is 1. The fraction of sp³-hybridized carbons (Fsp3) is 0. The van der Waals surface area contributed by atoms with Crippen LogP contribution in [-0.4, -0.2) is 23.0 Å². The van der Waals surface area contributed by atoms with Gasteiger partial charge in [-0.05, 0) is 12.1 Å². The number of hydrogen-bond donors (Lipinski definition) is 3. The minimum atomic E-state index is -3.75. The Hall–Kier alpha value is -1.78. The number of sulfonamides is 1. The molecule has 4 N–H and O–H groups in total.